The number of hydrogen-bond acceptors (Lipinski definition) is 7. The van der Waals surface area contributed by atoms with Gasteiger partial charge in [-0.1, -0.05) is 11.6 Å². The molecular formula is C16H18ClN5O4. The molecule has 1 aromatic heterocycles. The van der Waals surface area contributed by atoms with Crippen molar-refractivity contribution in [2.75, 3.05) is 32.9 Å². The number of aromatic nitrogens is 4. The van der Waals surface area contributed by atoms with E-state index in [1.54, 1.807) is 28.8 Å². The summed E-state index contributed by atoms with van der Waals surface area (Å²) < 4.78 is 18.3. The van der Waals surface area contributed by atoms with Crippen molar-refractivity contribution >= 4 is 17.5 Å². The Morgan fingerprint density at radius 3 is 2.77 bits per heavy atom. The van der Waals surface area contributed by atoms with Gasteiger partial charge in [0, 0.05) is 24.7 Å². The van der Waals surface area contributed by atoms with Gasteiger partial charge >= 0.3 is 0 Å². The fourth-order valence-electron chi connectivity index (χ4n) is 3.06. The number of amides is 1. The summed E-state index contributed by atoms with van der Waals surface area (Å²) in [7, 11) is 1.74. The van der Waals surface area contributed by atoms with Crippen LogP contribution in [0, 0.1) is 0 Å². The van der Waals surface area contributed by atoms with Gasteiger partial charge in [0.15, 0.2) is 17.3 Å². The molecule has 1 saturated heterocycles. The molecule has 0 radical (unpaired) electrons. The van der Waals surface area contributed by atoms with E-state index in [1.807, 2.05) is 0 Å². The van der Waals surface area contributed by atoms with E-state index in [2.05, 4.69) is 15.5 Å². The average Bonchev–Trinajstić information content (AvgIpc) is 3.08. The third kappa shape index (κ3) is 3.32. The van der Waals surface area contributed by atoms with Gasteiger partial charge in [-0.25, -0.2) is 4.68 Å². The highest BCUT2D eigenvalue weighted by atomic mass is 35.5. The second-order valence-electron chi connectivity index (χ2n) is 6.12. The first-order chi connectivity index (χ1) is 12.6. The van der Waals surface area contributed by atoms with E-state index < -0.39 is 0 Å². The first-order valence-electron chi connectivity index (χ1n) is 8.31. The van der Waals surface area contributed by atoms with Gasteiger partial charge < -0.3 is 19.1 Å². The van der Waals surface area contributed by atoms with Crippen molar-refractivity contribution in [3.63, 3.8) is 0 Å². The molecule has 138 valence electrons. The van der Waals surface area contributed by atoms with E-state index >= 15 is 0 Å². The average molecular weight is 380 g/mol. The van der Waals surface area contributed by atoms with Gasteiger partial charge in [-0.05, 0) is 22.1 Å². The highest BCUT2D eigenvalue weighted by Crippen LogP contribution is 2.35. The summed E-state index contributed by atoms with van der Waals surface area (Å²) >= 11 is 6.31. The van der Waals surface area contributed by atoms with Crippen molar-refractivity contribution in [2.24, 2.45) is 7.05 Å². The molecule has 10 heteroatoms. The summed E-state index contributed by atoms with van der Waals surface area (Å²) in [6.45, 7) is 2.32. The minimum absolute atomic E-state index is 0.0352. The molecule has 0 spiro atoms. The molecular weight excluding hydrogens is 362 g/mol. The maximum Gasteiger partial charge on any atom is 0.227 e. The van der Waals surface area contributed by atoms with Crippen molar-refractivity contribution in [3.05, 3.63) is 28.5 Å². The second kappa shape index (κ2) is 7.08. The molecule has 2 aliphatic heterocycles. The number of benzene rings is 1. The SMILES string of the molecule is Cn1nnnc1C1CN(C(=O)Cc2cc3c(cc2Cl)OCCO3)CCO1. The Balaban J connectivity index is 1.47. The number of rotatable bonds is 3. The second-order valence-corrected chi connectivity index (χ2v) is 6.53. The van der Waals surface area contributed by atoms with Crippen molar-refractivity contribution in [3.8, 4) is 11.5 Å². The number of fused-ring (bicyclic) bond motifs is 1. The largest absolute Gasteiger partial charge is 0.486 e. The molecule has 0 N–H and O–H groups in total. The number of nitrogens with zero attached hydrogens (tertiary/aromatic N) is 5. The Morgan fingerprint density at radius 1 is 1.27 bits per heavy atom. The molecule has 0 aliphatic carbocycles. The molecule has 2 aliphatic rings. The molecule has 4 rings (SSSR count). The molecule has 3 heterocycles. The van der Waals surface area contributed by atoms with E-state index in [9.17, 15) is 4.79 Å². The molecule has 1 atom stereocenters. The number of morpholine rings is 1. The summed E-state index contributed by atoms with van der Waals surface area (Å²) in [5.41, 5.74) is 0.712. The van der Waals surface area contributed by atoms with Crippen LogP contribution in [0.2, 0.25) is 5.02 Å². The summed E-state index contributed by atoms with van der Waals surface area (Å²) in [5, 5.41) is 11.9. The molecule has 26 heavy (non-hydrogen) atoms. The van der Waals surface area contributed by atoms with Crippen LogP contribution in [0.15, 0.2) is 12.1 Å². The predicted molar refractivity (Wildman–Crippen MR) is 90.2 cm³/mol. The summed E-state index contributed by atoms with van der Waals surface area (Å²) in [5.74, 6) is 1.79. The lowest BCUT2D eigenvalue weighted by Crippen LogP contribution is -2.43. The fourth-order valence-corrected chi connectivity index (χ4v) is 3.28. The summed E-state index contributed by atoms with van der Waals surface area (Å²) in [6, 6.07) is 3.48. The third-order valence-electron chi connectivity index (χ3n) is 4.41. The Morgan fingerprint density at radius 2 is 2.04 bits per heavy atom. The summed E-state index contributed by atoms with van der Waals surface area (Å²) in [6.07, 6.45) is -0.164. The van der Waals surface area contributed by atoms with Crippen molar-refractivity contribution in [1.29, 1.82) is 0 Å². The molecule has 2 aromatic rings. The van der Waals surface area contributed by atoms with Gasteiger partial charge in [0.2, 0.25) is 5.91 Å². The topological polar surface area (TPSA) is 91.6 Å². The van der Waals surface area contributed by atoms with E-state index in [4.69, 9.17) is 25.8 Å². The number of tetrazole rings is 1. The quantitative estimate of drug-likeness (QED) is 0.778. The van der Waals surface area contributed by atoms with Crippen LogP contribution in [0.4, 0.5) is 0 Å². The van der Waals surface area contributed by atoms with E-state index in [-0.39, 0.29) is 18.4 Å². The van der Waals surface area contributed by atoms with Crippen LogP contribution in [-0.4, -0.2) is 63.9 Å². The number of aryl methyl sites for hydroxylation is 1. The molecule has 0 bridgehead atoms. The lowest BCUT2D eigenvalue weighted by Gasteiger charge is -2.32. The minimum atomic E-state index is -0.344. The van der Waals surface area contributed by atoms with E-state index in [0.717, 1.165) is 0 Å². The molecule has 9 nitrogen and oxygen atoms in total. The van der Waals surface area contributed by atoms with Gasteiger partial charge in [0.1, 0.15) is 19.3 Å². The van der Waals surface area contributed by atoms with Crippen LogP contribution in [0.5, 0.6) is 11.5 Å². The smallest absolute Gasteiger partial charge is 0.227 e. The highest BCUT2D eigenvalue weighted by molar-refractivity contribution is 6.31. The Kier molecular flexibility index (Phi) is 4.64. The van der Waals surface area contributed by atoms with Crippen LogP contribution in [0.25, 0.3) is 0 Å². The zero-order valence-corrected chi connectivity index (χ0v) is 15.0. The Hall–Kier alpha value is -2.39. The lowest BCUT2D eigenvalue weighted by molar-refractivity contribution is -0.138. The van der Waals surface area contributed by atoms with Gasteiger partial charge in [0.05, 0.1) is 19.6 Å². The van der Waals surface area contributed by atoms with Crippen molar-refractivity contribution in [1.82, 2.24) is 25.1 Å². The Labute approximate surface area is 154 Å². The fraction of sp³-hybridized carbons (Fsp3) is 0.500. The van der Waals surface area contributed by atoms with Gasteiger partial charge in [-0.3, -0.25) is 4.79 Å². The molecule has 1 amide bonds. The number of halogens is 1. The number of carbonyl (C=O) groups is 1. The normalized spacial score (nSPS) is 19.5. The van der Waals surface area contributed by atoms with Gasteiger partial charge in [-0.2, -0.15) is 0 Å². The van der Waals surface area contributed by atoms with Crippen LogP contribution in [-0.2, 0) is 23.0 Å². The zero-order chi connectivity index (χ0) is 18.1. The van der Waals surface area contributed by atoms with Crippen LogP contribution in [0.1, 0.15) is 17.5 Å². The predicted octanol–water partition coefficient (Wildman–Crippen LogP) is 0.777. The van der Waals surface area contributed by atoms with Crippen LogP contribution in [0.3, 0.4) is 0 Å². The highest BCUT2D eigenvalue weighted by Gasteiger charge is 2.29. The minimum Gasteiger partial charge on any atom is -0.486 e. The third-order valence-corrected chi connectivity index (χ3v) is 4.76. The Bertz CT molecular complexity index is 827. The van der Waals surface area contributed by atoms with Crippen molar-refractivity contribution < 1.29 is 19.0 Å². The lowest BCUT2D eigenvalue weighted by atomic mass is 10.1. The van der Waals surface area contributed by atoms with Crippen molar-refractivity contribution in [2.45, 2.75) is 12.5 Å². The van der Waals surface area contributed by atoms with Crippen LogP contribution < -0.4 is 9.47 Å². The zero-order valence-electron chi connectivity index (χ0n) is 14.2. The number of ether oxygens (including phenoxy) is 3. The maximum atomic E-state index is 12.8. The number of carbonyl (C=O) groups excluding carboxylic acids is 1. The van der Waals surface area contributed by atoms with Crippen LogP contribution >= 0.6 is 11.6 Å². The molecule has 0 saturated carbocycles. The van der Waals surface area contributed by atoms with E-state index in [1.165, 1.54) is 0 Å². The number of hydrogen-bond donors (Lipinski definition) is 0. The van der Waals surface area contributed by atoms with Gasteiger partial charge in [0.25, 0.3) is 0 Å². The molecule has 1 aromatic carbocycles. The maximum absolute atomic E-state index is 12.8. The van der Waals surface area contributed by atoms with Gasteiger partial charge in [-0.15, -0.1) is 5.10 Å². The first kappa shape index (κ1) is 17.0. The molecule has 1 unspecified atom stereocenters. The molecule has 1 fully saturated rings. The monoisotopic (exact) mass is 379 g/mol. The summed E-state index contributed by atoms with van der Waals surface area (Å²) in [4.78, 5) is 14.5. The first-order valence-corrected chi connectivity index (χ1v) is 8.69. The standard InChI is InChI=1S/C16H18ClN5O4/c1-21-16(18-19-20-21)14-9-22(2-3-24-14)15(23)7-10-6-12-13(8-11(10)17)26-5-4-25-12/h6,8,14H,2-5,7,9H2,1H3. The van der Waals surface area contributed by atoms with E-state index in [0.29, 0.717) is 60.8 Å².